The molecule has 138 valence electrons. The van der Waals surface area contributed by atoms with Gasteiger partial charge in [-0.05, 0) is 50.1 Å². The number of aliphatic hydroxyl groups excluding tert-OH is 1. The lowest BCUT2D eigenvalue weighted by Gasteiger charge is -2.36. The molecular formula is C19H24N4O3. The average Bonchev–Trinajstić information content (AvgIpc) is 3.17. The summed E-state index contributed by atoms with van der Waals surface area (Å²) in [5, 5.41) is 19.2. The Bertz CT molecular complexity index is 738. The zero-order valence-electron chi connectivity index (χ0n) is 14.6. The number of hydrogen-bond acceptors (Lipinski definition) is 5. The third kappa shape index (κ3) is 3.14. The summed E-state index contributed by atoms with van der Waals surface area (Å²) in [4.78, 5) is 27.2. The van der Waals surface area contributed by atoms with Gasteiger partial charge in [0.1, 0.15) is 11.3 Å². The van der Waals surface area contributed by atoms with Crippen molar-refractivity contribution in [2.75, 3.05) is 36.4 Å². The molecule has 3 aliphatic rings. The molecule has 1 aromatic rings. The summed E-state index contributed by atoms with van der Waals surface area (Å²) >= 11 is 0. The lowest BCUT2D eigenvalue weighted by atomic mass is 9.85. The van der Waals surface area contributed by atoms with Crippen LogP contribution in [0.25, 0.3) is 0 Å². The highest BCUT2D eigenvalue weighted by Crippen LogP contribution is 2.28. The van der Waals surface area contributed by atoms with Crippen molar-refractivity contribution in [1.29, 1.82) is 0 Å². The smallest absolute Gasteiger partial charge is 0.264 e. The highest BCUT2D eigenvalue weighted by molar-refractivity contribution is 6.23. The van der Waals surface area contributed by atoms with Crippen LogP contribution in [0.4, 0.5) is 11.4 Å². The Balaban J connectivity index is 1.49. The zero-order valence-corrected chi connectivity index (χ0v) is 14.6. The SMILES string of the molecule is O=C(Nc1ccc(N2CCCC2)cc1)C1=C(O)C2CCNCC2NC1=O. The van der Waals surface area contributed by atoms with Gasteiger partial charge in [0.05, 0.1) is 6.04 Å². The molecule has 2 amide bonds. The zero-order chi connectivity index (χ0) is 18.1. The Morgan fingerprint density at radius 2 is 1.92 bits per heavy atom. The van der Waals surface area contributed by atoms with Gasteiger partial charge in [-0.3, -0.25) is 9.59 Å². The molecule has 0 spiro atoms. The average molecular weight is 356 g/mol. The van der Waals surface area contributed by atoms with Crippen LogP contribution in [0.15, 0.2) is 35.6 Å². The number of carbonyl (C=O) groups is 2. The largest absolute Gasteiger partial charge is 0.511 e. The second-order valence-electron chi connectivity index (χ2n) is 7.13. The summed E-state index contributed by atoms with van der Waals surface area (Å²) in [6.07, 6.45) is 3.11. The van der Waals surface area contributed by atoms with Crippen LogP contribution in [-0.2, 0) is 9.59 Å². The van der Waals surface area contributed by atoms with Gasteiger partial charge in [0.2, 0.25) is 0 Å². The first-order chi connectivity index (χ1) is 12.6. The van der Waals surface area contributed by atoms with E-state index in [9.17, 15) is 14.7 Å². The molecule has 2 saturated heterocycles. The second kappa shape index (κ2) is 6.99. The van der Waals surface area contributed by atoms with E-state index < -0.39 is 11.8 Å². The molecule has 26 heavy (non-hydrogen) atoms. The van der Waals surface area contributed by atoms with Gasteiger partial charge in [-0.1, -0.05) is 0 Å². The molecule has 0 aromatic heterocycles. The van der Waals surface area contributed by atoms with Crippen molar-refractivity contribution < 1.29 is 14.7 Å². The van der Waals surface area contributed by atoms with Crippen LogP contribution in [0, 0.1) is 5.92 Å². The van der Waals surface area contributed by atoms with E-state index in [0.29, 0.717) is 18.7 Å². The van der Waals surface area contributed by atoms with Gasteiger partial charge in [0.25, 0.3) is 11.8 Å². The number of anilines is 2. The maximum atomic E-state index is 12.6. The first kappa shape index (κ1) is 16.9. The lowest BCUT2D eigenvalue weighted by molar-refractivity contribution is -0.123. The first-order valence-electron chi connectivity index (χ1n) is 9.24. The highest BCUT2D eigenvalue weighted by atomic mass is 16.3. The second-order valence-corrected chi connectivity index (χ2v) is 7.13. The summed E-state index contributed by atoms with van der Waals surface area (Å²) in [5.41, 5.74) is 1.57. The van der Waals surface area contributed by atoms with E-state index in [1.54, 1.807) is 0 Å². The van der Waals surface area contributed by atoms with Crippen molar-refractivity contribution in [3.05, 3.63) is 35.6 Å². The highest BCUT2D eigenvalue weighted by Gasteiger charge is 2.39. The summed E-state index contributed by atoms with van der Waals surface area (Å²) < 4.78 is 0. The molecule has 1 aromatic carbocycles. The lowest BCUT2D eigenvalue weighted by Crippen LogP contribution is -2.56. The Morgan fingerprint density at radius 1 is 1.19 bits per heavy atom. The maximum absolute atomic E-state index is 12.6. The van der Waals surface area contributed by atoms with E-state index in [2.05, 4.69) is 20.9 Å². The molecule has 7 heteroatoms. The van der Waals surface area contributed by atoms with Crippen molar-refractivity contribution in [1.82, 2.24) is 10.6 Å². The van der Waals surface area contributed by atoms with Crippen molar-refractivity contribution in [2.45, 2.75) is 25.3 Å². The van der Waals surface area contributed by atoms with Crippen LogP contribution < -0.4 is 20.9 Å². The minimum Gasteiger partial charge on any atom is -0.511 e. The van der Waals surface area contributed by atoms with Crippen molar-refractivity contribution in [3.63, 3.8) is 0 Å². The molecule has 3 aliphatic heterocycles. The van der Waals surface area contributed by atoms with Crippen LogP contribution in [0.3, 0.4) is 0 Å². The Kier molecular flexibility index (Phi) is 4.55. The minimum atomic E-state index is -0.564. The fourth-order valence-corrected chi connectivity index (χ4v) is 4.02. The van der Waals surface area contributed by atoms with Crippen molar-refractivity contribution in [3.8, 4) is 0 Å². The van der Waals surface area contributed by atoms with Crippen molar-refractivity contribution >= 4 is 23.2 Å². The Hall–Kier alpha value is -2.54. The molecular weight excluding hydrogens is 332 g/mol. The van der Waals surface area contributed by atoms with E-state index in [-0.39, 0.29) is 23.3 Å². The molecule has 0 radical (unpaired) electrons. The van der Waals surface area contributed by atoms with Gasteiger partial charge in [0, 0.05) is 36.9 Å². The Morgan fingerprint density at radius 3 is 2.65 bits per heavy atom. The fraction of sp³-hybridized carbons (Fsp3) is 0.474. The molecule has 2 fully saturated rings. The van der Waals surface area contributed by atoms with Crippen molar-refractivity contribution in [2.24, 2.45) is 5.92 Å². The van der Waals surface area contributed by atoms with Gasteiger partial charge < -0.3 is 26.0 Å². The van der Waals surface area contributed by atoms with E-state index in [1.807, 2.05) is 24.3 Å². The summed E-state index contributed by atoms with van der Waals surface area (Å²) in [6.45, 7) is 3.48. The number of nitrogens with zero attached hydrogens (tertiary/aromatic N) is 1. The predicted octanol–water partition coefficient (Wildman–Crippen LogP) is 1.15. The van der Waals surface area contributed by atoms with Crippen LogP contribution in [0.1, 0.15) is 19.3 Å². The molecule has 3 heterocycles. The minimum absolute atomic E-state index is 0.0913. The summed E-state index contributed by atoms with van der Waals surface area (Å²) in [6, 6.07) is 7.44. The van der Waals surface area contributed by atoms with E-state index in [1.165, 1.54) is 12.8 Å². The standard InChI is InChI=1S/C19H24N4O3/c24-17-14-7-8-20-11-15(14)22-19(26)16(17)18(25)21-12-3-5-13(6-4-12)23-9-1-2-10-23/h3-6,14-15,20,24H,1-2,7-11H2,(H,21,25)(H,22,26). The molecule has 2 unspecified atom stereocenters. The topological polar surface area (TPSA) is 93.7 Å². The van der Waals surface area contributed by atoms with Gasteiger partial charge in [0.15, 0.2) is 0 Å². The number of nitrogens with one attached hydrogen (secondary N) is 3. The van der Waals surface area contributed by atoms with Gasteiger partial charge in [-0.2, -0.15) is 0 Å². The van der Waals surface area contributed by atoms with E-state index in [0.717, 1.165) is 25.3 Å². The quantitative estimate of drug-likeness (QED) is 0.610. The third-order valence-corrected chi connectivity index (χ3v) is 5.46. The number of carbonyl (C=O) groups excluding carboxylic acids is 2. The maximum Gasteiger partial charge on any atom is 0.264 e. The third-order valence-electron chi connectivity index (χ3n) is 5.46. The number of amides is 2. The number of fused-ring (bicyclic) bond motifs is 1. The van der Waals surface area contributed by atoms with Gasteiger partial charge >= 0.3 is 0 Å². The normalized spacial score (nSPS) is 25.7. The molecule has 4 rings (SSSR count). The van der Waals surface area contributed by atoms with Gasteiger partial charge in [-0.15, -0.1) is 0 Å². The number of benzene rings is 1. The van der Waals surface area contributed by atoms with Crippen LogP contribution in [0.2, 0.25) is 0 Å². The molecule has 0 bridgehead atoms. The summed E-state index contributed by atoms with van der Waals surface area (Å²) in [7, 11) is 0. The number of aliphatic hydroxyl groups is 1. The number of rotatable bonds is 3. The first-order valence-corrected chi connectivity index (χ1v) is 9.24. The monoisotopic (exact) mass is 356 g/mol. The van der Waals surface area contributed by atoms with E-state index >= 15 is 0 Å². The molecule has 0 aliphatic carbocycles. The molecule has 7 nitrogen and oxygen atoms in total. The van der Waals surface area contributed by atoms with Crippen LogP contribution in [0.5, 0.6) is 0 Å². The van der Waals surface area contributed by atoms with Crippen LogP contribution >= 0.6 is 0 Å². The number of hydrogen-bond donors (Lipinski definition) is 4. The molecule has 0 saturated carbocycles. The summed E-state index contributed by atoms with van der Waals surface area (Å²) in [5.74, 6) is -1.37. The molecule has 4 N–H and O–H groups in total. The number of piperidine rings is 1. The molecule has 2 atom stereocenters. The fourth-order valence-electron chi connectivity index (χ4n) is 4.02. The predicted molar refractivity (Wildman–Crippen MR) is 99.1 cm³/mol. The van der Waals surface area contributed by atoms with Crippen LogP contribution in [-0.4, -0.2) is 49.1 Å². The Labute approximate surface area is 152 Å². The van der Waals surface area contributed by atoms with Gasteiger partial charge in [-0.25, -0.2) is 0 Å². The van der Waals surface area contributed by atoms with E-state index in [4.69, 9.17) is 0 Å².